The SMILES string of the molecule is COC(=O)N[C@H](C(=O)N1CC2(CC2)C[C@H]1C1=NC=C(c2ccc(-c3ccccc3)cc2)C1)C(C)C. The molecule has 0 bridgehead atoms. The van der Waals surface area contributed by atoms with Crippen molar-refractivity contribution in [3.8, 4) is 11.1 Å². The number of benzene rings is 2. The highest BCUT2D eigenvalue weighted by molar-refractivity contribution is 6.04. The highest BCUT2D eigenvalue weighted by Gasteiger charge is 2.55. The Morgan fingerprint density at radius 3 is 2.31 bits per heavy atom. The summed E-state index contributed by atoms with van der Waals surface area (Å²) in [7, 11) is 1.32. The van der Waals surface area contributed by atoms with Crippen LogP contribution in [0.3, 0.4) is 0 Å². The van der Waals surface area contributed by atoms with Gasteiger partial charge in [-0.25, -0.2) is 4.79 Å². The predicted molar refractivity (Wildman–Crippen MR) is 138 cm³/mol. The van der Waals surface area contributed by atoms with Gasteiger partial charge in [0.25, 0.3) is 0 Å². The molecular formula is C29H33N3O3. The Hall–Kier alpha value is -3.41. The van der Waals surface area contributed by atoms with Crippen LogP contribution in [0, 0.1) is 11.3 Å². The molecule has 0 aromatic heterocycles. The number of amides is 2. The molecular weight excluding hydrogens is 438 g/mol. The summed E-state index contributed by atoms with van der Waals surface area (Å²) in [5.74, 6) is -0.0807. The molecule has 1 N–H and O–H groups in total. The number of carbonyl (C=O) groups excluding carboxylic acids is 2. The Balaban J connectivity index is 1.30. The largest absolute Gasteiger partial charge is 0.453 e. The first kappa shape index (κ1) is 23.3. The summed E-state index contributed by atoms with van der Waals surface area (Å²) in [5, 5.41) is 2.75. The normalized spacial score (nSPS) is 21.0. The second-order valence-electron chi connectivity index (χ2n) is 10.4. The van der Waals surface area contributed by atoms with E-state index in [1.165, 1.54) is 23.8 Å². The number of likely N-dealkylation sites (tertiary alicyclic amines) is 1. The maximum absolute atomic E-state index is 13.6. The molecule has 0 radical (unpaired) electrons. The second kappa shape index (κ2) is 9.33. The molecule has 1 spiro atoms. The number of methoxy groups -OCH3 is 1. The van der Waals surface area contributed by atoms with E-state index in [1.54, 1.807) is 0 Å². The topological polar surface area (TPSA) is 71.0 Å². The number of rotatable bonds is 6. The van der Waals surface area contributed by atoms with Gasteiger partial charge in [0, 0.05) is 24.9 Å². The van der Waals surface area contributed by atoms with Crippen molar-refractivity contribution in [1.82, 2.24) is 10.2 Å². The number of aliphatic imine (C=N–C) groups is 1. The van der Waals surface area contributed by atoms with Crippen LogP contribution in [0.15, 0.2) is 65.8 Å². The minimum Gasteiger partial charge on any atom is -0.453 e. The van der Waals surface area contributed by atoms with Crippen LogP contribution in [-0.4, -0.2) is 48.4 Å². The van der Waals surface area contributed by atoms with E-state index in [0.717, 1.165) is 43.5 Å². The number of hydrogen-bond acceptors (Lipinski definition) is 4. The van der Waals surface area contributed by atoms with Gasteiger partial charge in [-0.15, -0.1) is 0 Å². The minimum absolute atomic E-state index is 0.0250. The minimum atomic E-state index is -0.612. The lowest BCUT2D eigenvalue weighted by atomic mass is 9.94. The van der Waals surface area contributed by atoms with Gasteiger partial charge < -0.3 is 15.0 Å². The lowest BCUT2D eigenvalue weighted by molar-refractivity contribution is -0.134. The van der Waals surface area contributed by atoms with E-state index in [2.05, 4.69) is 53.8 Å². The maximum atomic E-state index is 13.6. The Labute approximate surface area is 207 Å². The average Bonchev–Trinajstić information content (AvgIpc) is 3.28. The van der Waals surface area contributed by atoms with E-state index in [-0.39, 0.29) is 23.3 Å². The first-order chi connectivity index (χ1) is 16.9. The van der Waals surface area contributed by atoms with Gasteiger partial charge in [-0.2, -0.15) is 0 Å². The van der Waals surface area contributed by atoms with Crippen molar-refractivity contribution < 1.29 is 14.3 Å². The Bertz CT molecular complexity index is 1160. The third-order valence-corrected chi connectivity index (χ3v) is 7.65. The number of alkyl carbamates (subject to hydrolysis) is 1. The predicted octanol–water partition coefficient (Wildman–Crippen LogP) is 5.30. The van der Waals surface area contributed by atoms with Crippen molar-refractivity contribution >= 4 is 23.3 Å². The summed E-state index contributed by atoms with van der Waals surface area (Å²) in [6.45, 7) is 4.63. The Morgan fingerprint density at radius 2 is 1.69 bits per heavy atom. The number of allylic oxidation sites excluding steroid dienone is 1. The van der Waals surface area contributed by atoms with E-state index >= 15 is 0 Å². The van der Waals surface area contributed by atoms with Crippen LogP contribution in [0.5, 0.6) is 0 Å². The van der Waals surface area contributed by atoms with Crippen LogP contribution in [-0.2, 0) is 9.53 Å². The van der Waals surface area contributed by atoms with E-state index in [0.29, 0.717) is 0 Å². The van der Waals surface area contributed by atoms with Gasteiger partial charge >= 0.3 is 6.09 Å². The highest BCUT2D eigenvalue weighted by Crippen LogP contribution is 2.55. The summed E-state index contributed by atoms with van der Waals surface area (Å²) in [4.78, 5) is 32.3. The molecule has 6 heteroatoms. The van der Waals surface area contributed by atoms with Crippen LogP contribution in [0.1, 0.15) is 45.1 Å². The second-order valence-corrected chi connectivity index (χ2v) is 10.4. The summed E-state index contributed by atoms with van der Waals surface area (Å²) >= 11 is 0. The summed E-state index contributed by atoms with van der Waals surface area (Å²) in [6, 6.07) is 18.3. The molecule has 6 nitrogen and oxygen atoms in total. The lowest BCUT2D eigenvalue weighted by Gasteiger charge is -2.31. The van der Waals surface area contributed by atoms with Crippen molar-refractivity contribution in [2.75, 3.05) is 13.7 Å². The zero-order valence-electron chi connectivity index (χ0n) is 20.7. The quantitative estimate of drug-likeness (QED) is 0.621. The number of nitrogens with one attached hydrogen (secondary N) is 1. The molecule has 2 aromatic carbocycles. The third-order valence-electron chi connectivity index (χ3n) is 7.65. The molecule has 2 aromatic rings. The number of carbonyl (C=O) groups is 2. The van der Waals surface area contributed by atoms with Crippen molar-refractivity contribution in [3.63, 3.8) is 0 Å². The van der Waals surface area contributed by atoms with Gasteiger partial charge in [-0.1, -0.05) is 68.4 Å². The van der Waals surface area contributed by atoms with Crippen molar-refractivity contribution in [1.29, 1.82) is 0 Å². The average molecular weight is 472 g/mol. The lowest BCUT2D eigenvalue weighted by Crippen LogP contribution is -2.53. The molecule has 2 amide bonds. The molecule has 2 fully saturated rings. The standard InChI is InChI=1S/C29H33N3O3/c1-19(2)26(31-28(34)35-3)27(33)32-18-29(13-14-29)16-25(32)24-15-23(17-30-24)22-11-9-21(10-12-22)20-7-5-4-6-8-20/h4-12,17,19,25-26H,13-16,18H2,1-3H3,(H,31,34)/t25-,26-/m0/s1. The van der Waals surface area contributed by atoms with Gasteiger partial charge in [0.1, 0.15) is 6.04 Å². The van der Waals surface area contributed by atoms with Crippen LogP contribution in [0.4, 0.5) is 4.79 Å². The molecule has 0 unspecified atom stereocenters. The fourth-order valence-electron chi connectivity index (χ4n) is 5.34. The Kier molecular flexibility index (Phi) is 6.22. The molecule has 1 saturated heterocycles. The summed E-state index contributed by atoms with van der Waals surface area (Å²) < 4.78 is 4.77. The molecule has 5 rings (SSSR count). The van der Waals surface area contributed by atoms with Crippen LogP contribution in [0.2, 0.25) is 0 Å². The molecule has 2 aliphatic heterocycles. The molecule has 2 heterocycles. The van der Waals surface area contributed by atoms with Crippen molar-refractivity contribution in [3.05, 3.63) is 66.4 Å². The number of ether oxygens (including phenoxy) is 1. The van der Waals surface area contributed by atoms with Gasteiger partial charge in [0.2, 0.25) is 5.91 Å². The molecule has 2 atom stereocenters. The van der Waals surface area contributed by atoms with Gasteiger partial charge in [0.15, 0.2) is 0 Å². The van der Waals surface area contributed by atoms with Crippen LogP contribution < -0.4 is 5.32 Å². The highest BCUT2D eigenvalue weighted by atomic mass is 16.5. The number of hydrogen-bond donors (Lipinski definition) is 1. The van der Waals surface area contributed by atoms with Gasteiger partial charge in [-0.05, 0) is 52.9 Å². The van der Waals surface area contributed by atoms with Crippen molar-refractivity contribution in [2.45, 2.75) is 51.6 Å². The fraction of sp³-hybridized carbons (Fsp3) is 0.414. The molecule has 3 aliphatic rings. The van der Waals surface area contributed by atoms with Crippen LogP contribution in [0.25, 0.3) is 16.7 Å². The molecule has 1 saturated carbocycles. The first-order valence-corrected chi connectivity index (χ1v) is 12.5. The monoisotopic (exact) mass is 471 g/mol. The number of nitrogens with zero attached hydrogens (tertiary/aromatic N) is 2. The van der Waals surface area contributed by atoms with Crippen molar-refractivity contribution in [2.24, 2.45) is 16.3 Å². The van der Waals surface area contributed by atoms with E-state index in [4.69, 9.17) is 9.73 Å². The van der Waals surface area contributed by atoms with Gasteiger partial charge in [0.05, 0.1) is 13.2 Å². The first-order valence-electron chi connectivity index (χ1n) is 12.5. The van der Waals surface area contributed by atoms with Gasteiger partial charge in [-0.3, -0.25) is 9.79 Å². The molecule has 182 valence electrons. The van der Waals surface area contributed by atoms with E-state index in [9.17, 15) is 9.59 Å². The zero-order chi connectivity index (χ0) is 24.6. The summed E-state index contributed by atoms with van der Waals surface area (Å²) in [6.07, 6.45) is 5.38. The summed E-state index contributed by atoms with van der Waals surface area (Å²) in [5.41, 5.74) is 5.99. The third kappa shape index (κ3) is 4.75. The maximum Gasteiger partial charge on any atom is 0.407 e. The molecule has 1 aliphatic carbocycles. The van der Waals surface area contributed by atoms with E-state index < -0.39 is 12.1 Å². The Morgan fingerprint density at radius 1 is 1.03 bits per heavy atom. The van der Waals surface area contributed by atoms with E-state index in [1.807, 2.05) is 31.0 Å². The van der Waals surface area contributed by atoms with Crippen LogP contribution >= 0.6 is 0 Å². The molecule has 35 heavy (non-hydrogen) atoms. The fourth-order valence-corrected chi connectivity index (χ4v) is 5.34. The smallest absolute Gasteiger partial charge is 0.407 e. The zero-order valence-corrected chi connectivity index (χ0v) is 20.7.